The van der Waals surface area contributed by atoms with Crippen LogP contribution in [0.15, 0.2) is 57.8 Å². The van der Waals surface area contributed by atoms with Crippen LogP contribution >= 0.6 is 11.8 Å². The zero-order valence-electron chi connectivity index (χ0n) is 17.9. The van der Waals surface area contributed by atoms with Crippen LogP contribution in [0.4, 0.5) is 4.79 Å². The minimum atomic E-state index is -0.565. The summed E-state index contributed by atoms with van der Waals surface area (Å²) in [6.07, 6.45) is 0. The van der Waals surface area contributed by atoms with Crippen LogP contribution in [-0.2, 0) is 11.3 Å². The van der Waals surface area contributed by atoms with Crippen LogP contribution in [-0.4, -0.2) is 60.7 Å². The molecular weight excluding hydrogens is 446 g/mol. The second kappa shape index (κ2) is 11.2. The number of carbonyl (C=O) groups excluding carboxylic acids is 2. The molecule has 9 nitrogen and oxygen atoms in total. The van der Waals surface area contributed by atoms with Crippen LogP contribution in [0.1, 0.15) is 16.1 Å². The first kappa shape index (κ1) is 23.1. The Morgan fingerprint density at radius 1 is 1.09 bits per heavy atom. The molecule has 4 rings (SSSR count). The van der Waals surface area contributed by atoms with Gasteiger partial charge in [-0.3, -0.25) is 19.7 Å². The molecule has 1 aromatic heterocycles. The van der Waals surface area contributed by atoms with Gasteiger partial charge in [-0.1, -0.05) is 18.2 Å². The Kier molecular flexibility index (Phi) is 7.84. The molecule has 0 radical (unpaired) electrons. The highest BCUT2D eigenvalue weighted by molar-refractivity contribution is 8.13. The molecule has 33 heavy (non-hydrogen) atoms. The van der Waals surface area contributed by atoms with Gasteiger partial charge in [0.1, 0.15) is 17.9 Å². The number of hydrogen-bond donors (Lipinski definition) is 3. The minimum absolute atomic E-state index is 0.272. The van der Waals surface area contributed by atoms with Crippen LogP contribution < -0.4 is 15.5 Å². The van der Waals surface area contributed by atoms with Gasteiger partial charge < -0.3 is 19.2 Å². The van der Waals surface area contributed by atoms with Crippen molar-refractivity contribution in [1.82, 2.24) is 15.7 Å². The van der Waals surface area contributed by atoms with E-state index in [2.05, 4.69) is 10.2 Å². The van der Waals surface area contributed by atoms with Crippen molar-refractivity contribution in [3.63, 3.8) is 0 Å². The van der Waals surface area contributed by atoms with Gasteiger partial charge >= 0.3 is 5.24 Å². The van der Waals surface area contributed by atoms with E-state index in [9.17, 15) is 9.59 Å². The molecule has 0 atom stereocenters. The first-order valence-corrected chi connectivity index (χ1v) is 11.4. The van der Waals surface area contributed by atoms with Gasteiger partial charge in [-0.25, -0.2) is 5.48 Å². The van der Waals surface area contributed by atoms with Gasteiger partial charge in [0.2, 0.25) is 0 Å². The Labute approximate surface area is 195 Å². The number of carbonyl (C=O) groups is 2. The number of morpholine rings is 1. The lowest BCUT2D eigenvalue weighted by atomic mass is 10.1. The summed E-state index contributed by atoms with van der Waals surface area (Å²) in [6.45, 7) is 4.20. The third-order valence-electron chi connectivity index (χ3n) is 5.17. The van der Waals surface area contributed by atoms with Crippen molar-refractivity contribution >= 4 is 33.9 Å². The fourth-order valence-electron chi connectivity index (χ4n) is 3.57. The summed E-state index contributed by atoms with van der Waals surface area (Å²) in [5.74, 6) is 0.654. The molecule has 0 unspecified atom stereocenters. The molecule has 0 saturated carbocycles. The predicted octanol–water partition coefficient (Wildman–Crippen LogP) is 3.26. The summed E-state index contributed by atoms with van der Waals surface area (Å²) in [5, 5.41) is 11.8. The maximum absolute atomic E-state index is 12.9. The lowest BCUT2D eigenvalue weighted by Gasteiger charge is -2.26. The summed E-state index contributed by atoms with van der Waals surface area (Å²) in [4.78, 5) is 27.0. The fourth-order valence-corrected chi connectivity index (χ4v) is 4.10. The average Bonchev–Trinajstić information content (AvgIpc) is 3.21. The summed E-state index contributed by atoms with van der Waals surface area (Å²) >= 11 is 0.864. The number of furan rings is 1. The molecule has 3 aromatic rings. The monoisotopic (exact) mass is 471 g/mol. The van der Waals surface area contributed by atoms with Crippen molar-refractivity contribution in [2.45, 2.75) is 11.4 Å². The van der Waals surface area contributed by atoms with E-state index in [1.165, 1.54) is 0 Å². The van der Waals surface area contributed by atoms with E-state index >= 15 is 0 Å². The van der Waals surface area contributed by atoms with Crippen molar-refractivity contribution in [2.75, 3.05) is 39.5 Å². The van der Waals surface area contributed by atoms with Crippen molar-refractivity contribution < 1.29 is 28.7 Å². The maximum atomic E-state index is 12.9. The van der Waals surface area contributed by atoms with Crippen LogP contribution in [0.25, 0.3) is 11.0 Å². The number of nitrogens with zero attached hydrogens (tertiary/aromatic N) is 1. The predicted molar refractivity (Wildman–Crippen MR) is 123 cm³/mol. The summed E-state index contributed by atoms with van der Waals surface area (Å²) in [6, 6.07) is 14.5. The molecule has 0 spiro atoms. The molecule has 0 aliphatic carbocycles. The fraction of sp³-hybridized carbons (Fsp3) is 0.304. The van der Waals surface area contributed by atoms with Crippen LogP contribution in [0.5, 0.6) is 5.75 Å². The standard InChI is InChI=1S/C23H25N3O6S/c27-22(24-9-12-31-16-5-7-17(8-6-16)33-23(28)25-29)21-19(15-26-10-13-30-14-11-26)18-3-1-2-4-20(18)32-21/h1-8,29H,9-15H2,(H,24,27)(H,25,28). The lowest BCUT2D eigenvalue weighted by molar-refractivity contribution is 0.0341. The van der Waals surface area contributed by atoms with E-state index in [-0.39, 0.29) is 12.5 Å². The van der Waals surface area contributed by atoms with E-state index < -0.39 is 5.24 Å². The lowest BCUT2D eigenvalue weighted by Crippen LogP contribution is -2.36. The van der Waals surface area contributed by atoms with Crippen molar-refractivity contribution in [1.29, 1.82) is 0 Å². The third kappa shape index (κ3) is 6.05. The Morgan fingerprint density at radius 3 is 2.61 bits per heavy atom. The molecule has 2 heterocycles. The van der Waals surface area contributed by atoms with Crippen LogP contribution in [0, 0.1) is 0 Å². The molecule has 2 aromatic carbocycles. The molecule has 2 amide bonds. The highest BCUT2D eigenvalue weighted by Gasteiger charge is 2.23. The molecule has 1 saturated heterocycles. The van der Waals surface area contributed by atoms with E-state index in [1.807, 2.05) is 24.3 Å². The largest absolute Gasteiger partial charge is 0.492 e. The van der Waals surface area contributed by atoms with Gasteiger partial charge in [0.05, 0.1) is 19.8 Å². The smallest absolute Gasteiger partial charge is 0.307 e. The molecule has 174 valence electrons. The van der Waals surface area contributed by atoms with Gasteiger partial charge in [0.25, 0.3) is 5.91 Å². The number of amides is 2. The quantitative estimate of drug-likeness (QED) is 0.199. The number of fused-ring (bicyclic) bond motifs is 1. The SMILES string of the molecule is O=C(NO)Sc1ccc(OCCNC(=O)c2oc3ccccc3c2CN2CCOCC2)cc1. The molecule has 10 heteroatoms. The maximum Gasteiger partial charge on any atom is 0.307 e. The Balaban J connectivity index is 1.34. The highest BCUT2D eigenvalue weighted by atomic mass is 32.2. The number of ether oxygens (including phenoxy) is 2. The van der Waals surface area contributed by atoms with Gasteiger partial charge in [0.15, 0.2) is 5.76 Å². The van der Waals surface area contributed by atoms with E-state index in [0.29, 0.717) is 48.3 Å². The van der Waals surface area contributed by atoms with E-state index in [4.69, 9.17) is 19.1 Å². The number of nitrogens with one attached hydrogen (secondary N) is 2. The number of thioether (sulfide) groups is 1. The average molecular weight is 472 g/mol. The Morgan fingerprint density at radius 2 is 1.85 bits per heavy atom. The Bertz CT molecular complexity index is 1100. The van der Waals surface area contributed by atoms with E-state index in [0.717, 1.165) is 35.8 Å². The topological polar surface area (TPSA) is 113 Å². The van der Waals surface area contributed by atoms with Gasteiger partial charge in [-0.05, 0) is 42.1 Å². The molecule has 1 aliphatic heterocycles. The molecular formula is C23H25N3O6S. The van der Waals surface area contributed by atoms with Crippen LogP contribution in [0.2, 0.25) is 0 Å². The first-order chi connectivity index (χ1) is 16.1. The Hall–Kier alpha value is -3.05. The van der Waals surface area contributed by atoms with Gasteiger partial charge in [0, 0.05) is 35.5 Å². The number of hydroxylamine groups is 1. The zero-order chi connectivity index (χ0) is 23.0. The third-order valence-corrected chi connectivity index (χ3v) is 5.96. The number of para-hydroxylation sites is 1. The second-order valence-corrected chi connectivity index (χ2v) is 8.42. The molecule has 1 fully saturated rings. The second-order valence-electron chi connectivity index (χ2n) is 7.37. The zero-order valence-corrected chi connectivity index (χ0v) is 18.7. The minimum Gasteiger partial charge on any atom is -0.492 e. The number of hydrogen-bond acceptors (Lipinski definition) is 8. The molecule has 1 aliphatic rings. The number of benzene rings is 2. The number of rotatable bonds is 8. The van der Waals surface area contributed by atoms with Crippen molar-refractivity contribution in [2.24, 2.45) is 0 Å². The summed E-state index contributed by atoms with van der Waals surface area (Å²) in [7, 11) is 0. The molecule has 3 N–H and O–H groups in total. The normalized spacial score (nSPS) is 14.2. The molecule has 0 bridgehead atoms. The first-order valence-electron chi connectivity index (χ1n) is 10.6. The van der Waals surface area contributed by atoms with Gasteiger partial charge in [-0.15, -0.1) is 0 Å². The van der Waals surface area contributed by atoms with Crippen molar-refractivity contribution in [3.8, 4) is 5.75 Å². The summed E-state index contributed by atoms with van der Waals surface area (Å²) in [5.41, 5.74) is 3.14. The van der Waals surface area contributed by atoms with E-state index in [1.54, 1.807) is 29.7 Å². The van der Waals surface area contributed by atoms with Crippen LogP contribution in [0.3, 0.4) is 0 Å². The summed E-state index contributed by atoms with van der Waals surface area (Å²) < 4.78 is 17.0. The van der Waals surface area contributed by atoms with Gasteiger partial charge in [-0.2, -0.15) is 0 Å². The highest BCUT2D eigenvalue weighted by Crippen LogP contribution is 2.27. The van der Waals surface area contributed by atoms with Crippen molar-refractivity contribution in [3.05, 3.63) is 59.9 Å².